The lowest BCUT2D eigenvalue weighted by atomic mass is 9.98. The van der Waals surface area contributed by atoms with Crippen LogP contribution in [0.2, 0.25) is 0 Å². The number of benzene rings is 1. The van der Waals surface area contributed by atoms with Gasteiger partial charge in [-0.1, -0.05) is 12.1 Å². The first-order valence-corrected chi connectivity index (χ1v) is 11.7. The van der Waals surface area contributed by atoms with Crippen LogP contribution in [-0.2, 0) is 54.0 Å². The van der Waals surface area contributed by atoms with Gasteiger partial charge in [0, 0.05) is 34.3 Å². The van der Waals surface area contributed by atoms with Crippen LogP contribution in [0.15, 0.2) is 24.3 Å². The molecule has 5 atom stereocenters. The second-order valence-electron chi connectivity index (χ2n) is 8.24. The average molecular weight is 511 g/mol. The molecule has 2 rings (SSSR count). The number of hydrogen-bond donors (Lipinski definition) is 0. The molecular weight excluding hydrogens is 476 g/mol. The summed E-state index contributed by atoms with van der Waals surface area (Å²) in [6.07, 6.45) is -3.59. The third-order valence-corrected chi connectivity index (χ3v) is 5.25. The number of hydrogen-bond acceptors (Lipinski definition) is 11. The maximum atomic E-state index is 11.9. The number of rotatable bonds is 12. The molecule has 0 radical (unpaired) electrons. The Morgan fingerprint density at radius 3 is 1.92 bits per heavy atom. The highest BCUT2D eigenvalue weighted by molar-refractivity contribution is 5.68. The molecule has 11 nitrogen and oxygen atoms in total. The summed E-state index contributed by atoms with van der Waals surface area (Å²) in [6, 6.07) is 7.75. The number of methoxy groups -OCH3 is 1. The summed E-state index contributed by atoms with van der Waals surface area (Å²) in [6.45, 7) is 4.68. The quantitative estimate of drug-likeness (QED) is 0.233. The first-order valence-electron chi connectivity index (χ1n) is 11.7. The molecule has 1 saturated heterocycles. The molecule has 0 saturated carbocycles. The number of carbonyl (C=O) groups is 4. The first kappa shape index (κ1) is 29.1. The zero-order valence-electron chi connectivity index (χ0n) is 21.2. The van der Waals surface area contributed by atoms with E-state index in [1.165, 1.54) is 27.7 Å². The van der Waals surface area contributed by atoms with E-state index in [0.29, 0.717) is 6.42 Å². The summed E-state index contributed by atoms with van der Waals surface area (Å²) in [7, 11) is 1.61. The van der Waals surface area contributed by atoms with Crippen molar-refractivity contribution >= 4 is 23.9 Å². The van der Waals surface area contributed by atoms with Gasteiger partial charge in [0.25, 0.3) is 0 Å². The normalized spacial score (nSPS) is 23.3. The van der Waals surface area contributed by atoms with Gasteiger partial charge < -0.3 is 33.2 Å². The summed E-state index contributed by atoms with van der Waals surface area (Å²) in [4.78, 5) is 46.8. The third-order valence-electron chi connectivity index (χ3n) is 5.25. The van der Waals surface area contributed by atoms with Crippen molar-refractivity contribution in [3.63, 3.8) is 0 Å². The SMILES string of the molecule is COc1ccc(CCCCOC2OC(COC(C)=O)C(OC(C)=O)C(OC(C)=O)C2OC(C)=O)cc1. The van der Waals surface area contributed by atoms with Crippen molar-refractivity contribution in [3.05, 3.63) is 29.8 Å². The zero-order valence-corrected chi connectivity index (χ0v) is 21.2. The van der Waals surface area contributed by atoms with Crippen molar-refractivity contribution < 1.29 is 52.3 Å². The van der Waals surface area contributed by atoms with E-state index in [9.17, 15) is 19.2 Å². The van der Waals surface area contributed by atoms with Crippen LogP contribution in [0.5, 0.6) is 5.75 Å². The van der Waals surface area contributed by atoms with E-state index in [2.05, 4.69) is 0 Å². The fourth-order valence-electron chi connectivity index (χ4n) is 3.75. The molecule has 11 heteroatoms. The van der Waals surface area contributed by atoms with Crippen LogP contribution in [0.3, 0.4) is 0 Å². The first-order chi connectivity index (χ1) is 17.1. The average Bonchev–Trinajstić information content (AvgIpc) is 2.80. The predicted octanol–water partition coefficient (Wildman–Crippen LogP) is 2.12. The van der Waals surface area contributed by atoms with E-state index < -0.39 is 54.6 Å². The van der Waals surface area contributed by atoms with Crippen LogP contribution in [0.4, 0.5) is 0 Å². The summed E-state index contributed by atoms with van der Waals surface area (Å²) >= 11 is 0. The molecule has 1 aliphatic heterocycles. The highest BCUT2D eigenvalue weighted by Gasteiger charge is 2.52. The van der Waals surface area contributed by atoms with Crippen molar-refractivity contribution in [1.29, 1.82) is 0 Å². The summed E-state index contributed by atoms with van der Waals surface area (Å²) in [5.74, 6) is -1.85. The molecule has 1 aliphatic rings. The number of unbranched alkanes of at least 4 members (excludes halogenated alkanes) is 1. The van der Waals surface area contributed by atoms with E-state index >= 15 is 0 Å². The van der Waals surface area contributed by atoms with Crippen LogP contribution in [0.25, 0.3) is 0 Å². The van der Waals surface area contributed by atoms with Gasteiger partial charge in [-0.3, -0.25) is 19.2 Å². The van der Waals surface area contributed by atoms with Gasteiger partial charge in [0.05, 0.1) is 7.11 Å². The Kier molecular flexibility index (Phi) is 11.6. The van der Waals surface area contributed by atoms with Gasteiger partial charge >= 0.3 is 23.9 Å². The number of ether oxygens (including phenoxy) is 7. The lowest BCUT2D eigenvalue weighted by molar-refractivity contribution is -0.308. The van der Waals surface area contributed by atoms with E-state index in [0.717, 1.165) is 24.2 Å². The molecule has 0 amide bonds. The summed E-state index contributed by atoms with van der Waals surface area (Å²) < 4.78 is 38.1. The van der Waals surface area contributed by atoms with Crippen molar-refractivity contribution in [1.82, 2.24) is 0 Å². The molecule has 0 bridgehead atoms. The monoisotopic (exact) mass is 510 g/mol. The molecule has 0 aromatic heterocycles. The van der Waals surface area contributed by atoms with Gasteiger partial charge in [0.2, 0.25) is 0 Å². The second-order valence-corrected chi connectivity index (χ2v) is 8.24. The van der Waals surface area contributed by atoms with Crippen molar-refractivity contribution in [3.8, 4) is 5.75 Å². The molecule has 200 valence electrons. The van der Waals surface area contributed by atoms with E-state index in [1.54, 1.807) is 7.11 Å². The molecule has 0 N–H and O–H groups in total. The Bertz CT molecular complexity index is 882. The smallest absolute Gasteiger partial charge is 0.303 e. The number of esters is 4. The summed E-state index contributed by atoms with van der Waals surface area (Å²) in [5, 5.41) is 0. The van der Waals surface area contributed by atoms with Gasteiger partial charge in [-0.05, 0) is 37.0 Å². The minimum Gasteiger partial charge on any atom is -0.497 e. The van der Waals surface area contributed by atoms with E-state index in [1.807, 2.05) is 24.3 Å². The van der Waals surface area contributed by atoms with Gasteiger partial charge in [-0.2, -0.15) is 0 Å². The molecular formula is C25H34O11. The van der Waals surface area contributed by atoms with Gasteiger partial charge in [0.15, 0.2) is 24.6 Å². The van der Waals surface area contributed by atoms with Crippen LogP contribution in [0, 0.1) is 0 Å². The standard InChI is InChI=1S/C25H34O11/c1-15(26)32-14-21-22(33-16(2)27)23(34-17(3)28)24(35-18(4)29)25(36-21)31-13-7-6-8-19-9-11-20(30-5)12-10-19/h9-12,21-25H,6-8,13-14H2,1-5H3. The molecule has 1 aromatic carbocycles. The number of aryl methyl sites for hydroxylation is 1. The third kappa shape index (κ3) is 9.46. The van der Waals surface area contributed by atoms with Crippen molar-refractivity contribution in [2.75, 3.05) is 20.3 Å². The highest BCUT2D eigenvalue weighted by atomic mass is 16.7. The predicted molar refractivity (Wildman–Crippen MR) is 124 cm³/mol. The Labute approximate surface area is 210 Å². The van der Waals surface area contributed by atoms with Crippen LogP contribution < -0.4 is 4.74 Å². The van der Waals surface area contributed by atoms with Gasteiger partial charge in [-0.15, -0.1) is 0 Å². The van der Waals surface area contributed by atoms with Gasteiger partial charge in [-0.25, -0.2) is 0 Å². The van der Waals surface area contributed by atoms with E-state index in [4.69, 9.17) is 33.2 Å². The Morgan fingerprint density at radius 2 is 1.36 bits per heavy atom. The fraction of sp³-hybridized carbons (Fsp3) is 0.600. The largest absolute Gasteiger partial charge is 0.497 e. The molecule has 5 unspecified atom stereocenters. The number of carbonyl (C=O) groups excluding carboxylic acids is 4. The topological polar surface area (TPSA) is 133 Å². The maximum absolute atomic E-state index is 11.9. The van der Waals surface area contributed by atoms with Crippen LogP contribution >= 0.6 is 0 Å². The van der Waals surface area contributed by atoms with Crippen molar-refractivity contribution in [2.45, 2.75) is 77.7 Å². The van der Waals surface area contributed by atoms with Crippen LogP contribution in [0.1, 0.15) is 46.1 Å². The maximum Gasteiger partial charge on any atom is 0.303 e. The van der Waals surface area contributed by atoms with E-state index in [-0.39, 0.29) is 13.2 Å². The minimum atomic E-state index is -1.24. The molecule has 0 spiro atoms. The van der Waals surface area contributed by atoms with Gasteiger partial charge in [0.1, 0.15) is 18.5 Å². The Morgan fingerprint density at radius 1 is 0.778 bits per heavy atom. The summed E-state index contributed by atoms with van der Waals surface area (Å²) in [5.41, 5.74) is 1.14. The van der Waals surface area contributed by atoms with Crippen LogP contribution in [-0.4, -0.2) is 74.9 Å². The lowest BCUT2D eigenvalue weighted by Gasteiger charge is -2.44. The molecule has 1 heterocycles. The minimum absolute atomic E-state index is 0.240. The fourth-order valence-corrected chi connectivity index (χ4v) is 3.75. The lowest BCUT2D eigenvalue weighted by Crippen LogP contribution is -2.63. The Balaban J connectivity index is 2.11. The molecule has 1 fully saturated rings. The molecule has 0 aliphatic carbocycles. The Hall–Kier alpha value is -3.18. The molecule has 1 aromatic rings. The van der Waals surface area contributed by atoms with Crippen molar-refractivity contribution in [2.24, 2.45) is 0 Å². The highest BCUT2D eigenvalue weighted by Crippen LogP contribution is 2.30. The zero-order chi connectivity index (χ0) is 26.7. The second kappa shape index (κ2) is 14.4. The molecule has 36 heavy (non-hydrogen) atoms.